The van der Waals surface area contributed by atoms with E-state index < -0.39 is 0 Å². The topological polar surface area (TPSA) is 77.2 Å². The quantitative estimate of drug-likeness (QED) is 0.583. The Morgan fingerprint density at radius 2 is 2.04 bits per heavy atom. The van der Waals surface area contributed by atoms with Gasteiger partial charge in [0.15, 0.2) is 0 Å². The summed E-state index contributed by atoms with van der Waals surface area (Å²) in [4.78, 5) is 28.1. The molecule has 0 bridgehead atoms. The van der Waals surface area contributed by atoms with Crippen LogP contribution in [0.2, 0.25) is 0 Å². The second-order valence-electron chi connectivity index (χ2n) is 6.82. The van der Waals surface area contributed by atoms with Crippen molar-refractivity contribution in [3.05, 3.63) is 56.6 Å². The fourth-order valence-corrected chi connectivity index (χ4v) is 3.45. The molecule has 0 aliphatic rings. The molecule has 1 amide bonds. The van der Waals surface area contributed by atoms with E-state index in [-0.39, 0.29) is 23.6 Å². The van der Waals surface area contributed by atoms with Crippen LogP contribution in [-0.4, -0.2) is 55.1 Å². The zero-order valence-electron chi connectivity index (χ0n) is 15.6. The average molecular weight is 377 g/mol. The standard InChI is InChI=1S/C19H28N4O2S/c1-14(8-16-6-7-26-13-16)22-19(25)12-20-11-17(23(2)3)9-15-4-5-18(24)21-10-15/h4-7,10,13-14,17,20H,8-9,11-12H2,1-3H3,(H,21,24)(H,22,25)/t14-,17+/m1/s1. The molecule has 2 rings (SSSR count). The van der Waals surface area contributed by atoms with Crippen molar-refractivity contribution in [2.45, 2.75) is 31.8 Å². The molecule has 0 spiro atoms. The Hall–Kier alpha value is -1.96. The number of pyridine rings is 1. The van der Waals surface area contributed by atoms with Gasteiger partial charge in [0.05, 0.1) is 6.54 Å². The Bertz CT molecular complexity index is 707. The molecular weight excluding hydrogens is 348 g/mol. The van der Waals surface area contributed by atoms with Crippen molar-refractivity contribution in [1.29, 1.82) is 0 Å². The van der Waals surface area contributed by atoms with Crippen molar-refractivity contribution < 1.29 is 4.79 Å². The molecule has 6 nitrogen and oxygen atoms in total. The van der Waals surface area contributed by atoms with E-state index in [1.807, 2.05) is 27.1 Å². The molecule has 0 aliphatic heterocycles. The Morgan fingerprint density at radius 3 is 2.65 bits per heavy atom. The number of nitrogens with one attached hydrogen (secondary N) is 3. The number of thiophene rings is 1. The summed E-state index contributed by atoms with van der Waals surface area (Å²) < 4.78 is 0. The summed E-state index contributed by atoms with van der Waals surface area (Å²) in [6.45, 7) is 3.01. The monoisotopic (exact) mass is 376 g/mol. The van der Waals surface area contributed by atoms with Gasteiger partial charge in [-0.1, -0.05) is 6.07 Å². The van der Waals surface area contributed by atoms with Gasteiger partial charge in [-0.2, -0.15) is 11.3 Å². The van der Waals surface area contributed by atoms with E-state index in [2.05, 4.69) is 37.3 Å². The molecule has 0 saturated heterocycles. The summed E-state index contributed by atoms with van der Waals surface area (Å²) >= 11 is 1.67. The van der Waals surface area contributed by atoms with Gasteiger partial charge in [0.25, 0.3) is 0 Å². The second-order valence-corrected chi connectivity index (χ2v) is 7.60. The number of carbonyl (C=O) groups is 1. The predicted octanol–water partition coefficient (Wildman–Crippen LogP) is 1.25. The first kappa shape index (κ1) is 20.4. The smallest absolute Gasteiger partial charge is 0.247 e. The Labute approximate surface area is 158 Å². The lowest BCUT2D eigenvalue weighted by molar-refractivity contribution is -0.120. The van der Waals surface area contributed by atoms with E-state index >= 15 is 0 Å². The zero-order valence-corrected chi connectivity index (χ0v) is 16.4. The lowest BCUT2D eigenvalue weighted by Crippen LogP contribution is -2.44. The van der Waals surface area contributed by atoms with E-state index in [1.165, 1.54) is 11.6 Å². The van der Waals surface area contributed by atoms with Gasteiger partial charge in [-0.3, -0.25) is 9.59 Å². The van der Waals surface area contributed by atoms with Gasteiger partial charge in [0.2, 0.25) is 11.5 Å². The van der Waals surface area contributed by atoms with Crippen LogP contribution in [0, 0.1) is 0 Å². The van der Waals surface area contributed by atoms with Crippen LogP contribution in [0.25, 0.3) is 0 Å². The number of hydrogen-bond acceptors (Lipinski definition) is 5. The van der Waals surface area contributed by atoms with Crippen molar-refractivity contribution in [1.82, 2.24) is 20.5 Å². The number of aromatic nitrogens is 1. The fraction of sp³-hybridized carbons (Fsp3) is 0.474. The highest BCUT2D eigenvalue weighted by Crippen LogP contribution is 2.08. The first-order chi connectivity index (χ1) is 12.4. The van der Waals surface area contributed by atoms with Crippen LogP contribution in [0.1, 0.15) is 18.1 Å². The Morgan fingerprint density at radius 1 is 1.23 bits per heavy atom. The third-order valence-corrected chi connectivity index (χ3v) is 4.98. The van der Waals surface area contributed by atoms with Gasteiger partial charge >= 0.3 is 0 Å². The lowest BCUT2D eigenvalue weighted by atomic mass is 10.1. The maximum Gasteiger partial charge on any atom is 0.247 e. The number of H-pyrrole nitrogens is 1. The van der Waals surface area contributed by atoms with Gasteiger partial charge in [0.1, 0.15) is 0 Å². The minimum Gasteiger partial charge on any atom is -0.352 e. The van der Waals surface area contributed by atoms with E-state index in [9.17, 15) is 9.59 Å². The average Bonchev–Trinajstić information content (AvgIpc) is 3.08. The van der Waals surface area contributed by atoms with Crippen molar-refractivity contribution in [3.63, 3.8) is 0 Å². The highest BCUT2D eigenvalue weighted by Gasteiger charge is 2.14. The molecule has 0 fully saturated rings. The summed E-state index contributed by atoms with van der Waals surface area (Å²) in [6, 6.07) is 5.82. The van der Waals surface area contributed by atoms with E-state index in [1.54, 1.807) is 17.5 Å². The normalized spacial score (nSPS) is 13.5. The molecule has 0 aromatic carbocycles. The predicted molar refractivity (Wildman–Crippen MR) is 107 cm³/mol. The highest BCUT2D eigenvalue weighted by molar-refractivity contribution is 7.07. The molecule has 0 saturated carbocycles. The molecule has 2 aromatic heterocycles. The summed E-state index contributed by atoms with van der Waals surface area (Å²) in [5.41, 5.74) is 2.23. The van der Waals surface area contributed by atoms with Crippen LogP contribution < -0.4 is 16.2 Å². The van der Waals surface area contributed by atoms with Crippen LogP contribution in [0.5, 0.6) is 0 Å². The van der Waals surface area contributed by atoms with Crippen LogP contribution in [0.3, 0.4) is 0 Å². The fourth-order valence-electron chi connectivity index (χ4n) is 2.77. The van der Waals surface area contributed by atoms with E-state index in [0.29, 0.717) is 13.1 Å². The van der Waals surface area contributed by atoms with Crippen molar-refractivity contribution in [2.24, 2.45) is 0 Å². The van der Waals surface area contributed by atoms with Crippen molar-refractivity contribution in [3.8, 4) is 0 Å². The summed E-state index contributed by atoms with van der Waals surface area (Å²) in [5, 5.41) is 10.4. The maximum atomic E-state index is 12.1. The zero-order chi connectivity index (χ0) is 18.9. The number of nitrogens with zero attached hydrogens (tertiary/aromatic N) is 1. The first-order valence-corrected chi connectivity index (χ1v) is 9.73. The van der Waals surface area contributed by atoms with Gasteiger partial charge in [0, 0.05) is 30.9 Å². The number of hydrogen-bond donors (Lipinski definition) is 3. The number of amides is 1. The third kappa shape index (κ3) is 7.11. The minimum absolute atomic E-state index is 0.00859. The third-order valence-electron chi connectivity index (χ3n) is 4.25. The largest absolute Gasteiger partial charge is 0.352 e. The molecule has 0 radical (unpaired) electrons. The van der Waals surface area contributed by atoms with Crippen LogP contribution >= 0.6 is 11.3 Å². The van der Waals surface area contributed by atoms with Crippen LogP contribution in [-0.2, 0) is 17.6 Å². The molecule has 0 aliphatic carbocycles. The van der Waals surface area contributed by atoms with Crippen LogP contribution in [0.15, 0.2) is 40.0 Å². The van der Waals surface area contributed by atoms with Gasteiger partial charge < -0.3 is 20.5 Å². The molecule has 26 heavy (non-hydrogen) atoms. The molecule has 2 aromatic rings. The van der Waals surface area contributed by atoms with Crippen molar-refractivity contribution in [2.75, 3.05) is 27.2 Å². The second kappa shape index (κ2) is 10.3. The van der Waals surface area contributed by atoms with E-state index in [0.717, 1.165) is 18.4 Å². The SMILES string of the molecule is C[C@H](Cc1ccsc1)NC(=O)CNC[C@H](Cc1ccc(=O)[nH]c1)N(C)C. The Kier molecular flexibility index (Phi) is 8.03. The summed E-state index contributed by atoms with van der Waals surface area (Å²) in [7, 11) is 4.03. The minimum atomic E-state index is -0.0958. The Balaban J connectivity index is 1.73. The van der Waals surface area contributed by atoms with Gasteiger partial charge in [-0.05, 0) is 61.8 Å². The molecule has 7 heteroatoms. The van der Waals surface area contributed by atoms with Gasteiger partial charge in [-0.15, -0.1) is 0 Å². The van der Waals surface area contributed by atoms with Crippen LogP contribution in [0.4, 0.5) is 0 Å². The molecule has 2 heterocycles. The molecule has 142 valence electrons. The molecular formula is C19H28N4O2S. The number of likely N-dealkylation sites (N-methyl/N-ethyl adjacent to an activating group) is 1. The number of carbonyl (C=O) groups excluding carboxylic acids is 1. The van der Waals surface area contributed by atoms with Crippen molar-refractivity contribution >= 4 is 17.2 Å². The molecule has 3 N–H and O–H groups in total. The maximum absolute atomic E-state index is 12.1. The van der Waals surface area contributed by atoms with Gasteiger partial charge in [-0.25, -0.2) is 0 Å². The summed E-state index contributed by atoms with van der Waals surface area (Å²) in [6.07, 6.45) is 3.40. The molecule has 0 unspecified atom stereocenters. The highest BCUT2D eigenvalue weighted by atomic mass is 32.1. The number of aromatic amines is 1. The van der Waals surface area contributed by atoms with E-state index in [4.69, 9.17) is 0 Å². The number of rotatable bonds is 10. The summed E-state index contributed by atoms with van der Waals surface area (Å²) in [5.74, 6) is 0.00859. The lowest BCUT2D eigenvalue weighted by Gasteiger charge is -2.25. The molecule has 2 atom stereocenters. The first-order valence-electron chi connectivity index (χ1n) is 8.79.